The molecule has 3 rings (SSSR count). The van der Waals surface area contributed by atoms with E-state index >= 15 is 0 Å². The average Bonchev–Trinajstić information content (AvgIpc) is 2.90. The molecule has 1 aliphatic carbocycles. The molecule has 0 bridgehead atoms. The molecule has 0 radical (unpaired) electrons. The first-order valence-electron chi connectivity index (χ1n) is 5.73. The lowest BCUT2D eigenvalue weighted by Gasteiger charge is -2.19. The third-order valence-electron chi connectivity index (χ3n) is 3.27. The van der Waals surface area contributed by atoms with Gasteiger partial charge in [0.2, 0.25) is 0 Å². The van der Waals surface area contributed by atoms with E-state index in [2.05, 4.69) is 34.3 Å². The Morgan fingerprint density at radius 3 is 3.19 bits per heavy atom. The number of aliphatic hydroxyl groups is 1. The number of hydrogen-bond donors (Lipinski definition) is 1. The highest BCUT2D eigenvalue weighted by Gasteiger charge is 2.20. The van der Waals surface area contributed by atoms with Crippen molar-refractivity contribution in [2.75, 3.05) is 0 Å². The van der Waals surface area contributed by atoms with Crippen molar-refractivity contribution in [3.05, 3.63) is 45.9 Å². The molecule has 3 heteroatoms. The first kappa shape index (κ1) is 10.1. The van der Waals surface area contributed by atoms with Crippen LogP contribution < -0.4 is 0 Å². The third-order valence-corrected chi connectivity index (χ3v) is 4.13. The Balaban J connectivity index is 1.91. The second-order valence-corrected chi connectivity index (χ2v) is 5.37. The molecule has 2 nitrogen and oxygen atoms in total. The fourth-order valence-electron chi connectivity index (χ4n) is 2.45. The van der Waals surface area contributed by atoms with E-state index in [-0.39, 0.29) is 6.10 Å². The van der Waals surface area contributed by atoms with Crippen molar-refractivity contribution in [2.45, 2.75) is 31.9 Å². The quantitative estimate of drug-likeness (QED) is 0.847. The van der Waals surface area contributed by atoms with Crippen LogP contribution in [0.1, 0.15) is 35.1 Å². The normalized spacial score (nSPS) is 19.7. The summed E-state index contributed by atoms with van der Waals surface area (Å²) in [5.74, 6) is 0. The van der Waals surface area contributed by atoms with Gasteiger partial charge in [0.25, 0.3) is 0 Å². The zero-order valence-electron chi connectivity index (χ0n) is 9.10. The van der Waals surface area contributed by atoms with Gasteiger partial charge in [-0.1, -0.05) is 6.07 Å². The molecule has 0 aromatic carbocycles. The van der Waals surface area contributed by atoms with Gasteiger partial charge in [0.15, 0.2) is 0 Å². The number of fused-ring (bicyclic) bond motifs is 1. The first-order chi connectivity index (χ1) is 7.84. The smallest absolute Gasteiger partial charge is 0.0807 e. The van der Waals surface area contributed by atoms with Crippen LogP contribution in [0.4, 0.5) is 0 Å². The van der Waals surface area contributed by atoms with Crippen LogP contribution in [0.15, 0.2) is 29.8 Å². The van der Waals surface area contributed by atoms with Crippen molar-refractivity contribution in [3.63, 3.8) is 0 Å². The van der Waals surface area contributed by atoms with Gasteiger partial charge in [-0.05, 0) is 36.8 Å². The summed E-state index contributed by atoms with van der Waals surface area (Å²) in [6.45, 7) is 0.944. The van der Waals surface area contributed by atoms with Crippen LogP contribution in [0.3, 0.4) is 0 Å². The molecule has 84 valence electrons. The maximum absolute atomic E-state index is 9.89. The Labute approximate surface area is 99.2 Å². The molecule has 1 unspecified atom stereocenters. The van der Waals surface area contributed by atoms with Crippen molar-refractivity contribution in [1.82, 2.24) is 4.57 Å². The van der Waals surface area contributed by atoms with Crippen LogP contribution in [0, 0.1) is 0 Å². The van der Waals surface area contributed by atoms with Crippen LogP contribution in [-0.2, 0) is 13.0 Å². The minimum atomic E-state index is -0.242. The Morgan fingerprint density at radius 1 is 1.44 bits per heavy atom. The molecule has 0 fully saturated rings. The minimum Gasteiger partial charge on any atom is -0.388 e. The monoisotopic (exact) mass is 233 g/mol. The van der Waals surface area contributed by atoms with Crippen molar-refractivity contribution >= 4 is 11.3 Å². The third kappa shape index (κ3) is 1.70. The molecule has 2 heterocycles. The Bertz CT molecular complexity index is 472. The number of thiophene rings is 1. The lowest BCUT2D eigenvalue weighted by Crippen LogP contribution is -2.12. The van der Waals surface area contributed by atoms with E-state index in [4.69, 9.17) is 0 Å². The zero-order chi connectivity index (χ0) is 11.0. The fourth-order valence-corrected chi connectivity index (χ4v) is 3.15. The highest BCUT2D eigenvalue weighted by Crippen LogP contribution is 2.30. The summed E-state index contributed by atoms with van der Waals surface area (Å²) >= 11 is 1.79. The Kier molecular flexibility index (Phi) is 2.58. The predicted molar refractivity (Wildman–Crippen MR) is 65.8 cm³/mol. The van der Waals surface area contributed by atoms with Crippen molar-refractivity contribution < 1.29 is 5.11 Å². The van der Waals surface area contributed by atoms with E-state index in [0.717, 1.165) is 31.4 Å². The van der Waals surface area contributed by atoms with Crippen LogP contribution >= 0.6 is 11.3 Å². The number of hydrogen-bond acceptors (Lipinski definition) is 2. The first-order valence-corrected chi connectivity index (χ1v) is 6.61. The molecule has 1 atom stereocenters. The van der Waals surface area contributed by atoms with Crippen molar-refractivity contribution in [3.8, 4) is 0 Å². The lowest BCUT2D eigenvalue weighted by molar-refractivity contribution is 0.156. The van der Waals surface area contributed by atoms with E-state index < -0.39 is 0 Å². The summed E-state index contributed by atoms with van der Waals surface area (Å²) in [5.41, 5.74) is 2.47. The number of aliphatic hydroxyl groups excluding tert-OH is 1. The molecule has 1 aliphatic rings. The van der Waals surface area contributed by atoms with Gasteiger partial charge in [-0.15, -0.1) is 11.3 Å². The highest BCUT2D eigenvalue weighted by atomic mass is 32.1. The summed E-state index contributed by atoms with van der Waals surface area (Å²) in [5, 5.41) is 12.0. The molecule has 0 amide bonds. The molecular formula is C13H15NOS. The second-order valence-electron chi connectivity index (χ2n) is 4.33. The van der Waals surface area contributed by atoms with E-state index in [1.54, 1.807) is 11.3 Å². The molecule has 0 saturated carbocycles. The minimum absolute atomic E-state index is 0.242. The van der Waals surface area contributed by atoms with Crippen molar-refractivity contribution in [2.24, 2.45) is 0 Å². The molecule has 0 spiro atoms. The SMILES string of the molecule is OC1CCCc2c1ccn2Cc1cccs1. The van der Waals surface area contributed by atoms with Gasteiger partial charge in [-0.25, -0.2) is 0 Å². The Morgan fingerprint density at radius 2 is 2.38 bits per heavy atom. The molecule has 2 aromatic rings. The largest absolute Gasteiger partial charge is 0.388 e. The van der Waals surface area contributed by atoms with Crippen LogP contribution in [0.2, 0.25) is 0 Å². The van der Waals surface area contributed by atoms with Crippen molar-refractivity contribution in [1.29, 1.82) is 0 Å². The van der Waals surface area contributed by atoms with Gasteiger partial charge < -0.3 is 9.67 Å². The number of nitrogens with zero attached hydrogens (tertiary/aromatic N) is 1. The van der Waals surface area contributed by atoms with Gasteiger partial charge >= 0.3 is 0 Å². The molecule has 0 aliphatic heterocycles. The van der Waals surface area contributed by atoms with E-state index in [1.807, 2.05) is 0 Å². The molecule has 16 heavy (non-hydrogen) atoms. The highest BCUT2D eigenvalue weighted by molar-refractivity contribution is 7.09. The summed E-state index contributed by atoms with van der Waals surface area (Å²) in [7, 11) is 0. The average molecular weight is 233 g/mol. The van der Waals surface area contributed by atoms with E-state index in [9.17, 15) is 5.11 Å². The second kappa shape index (κ2) is 4.07. The van der Waals surface area contributed by atoms with Gasteiger partial charge in [-0.2, -0.15) is 0 Å². The van der Waals surface area contributed by atoms with Crippen LogP contribution in [0.25, 0.3) is 0 Å². The summed E-state index contributed by atoms with van der Waals surface area (Å²) in [4.78, 5) is 1.37. The zero-order valence-corrected chi connectivity index (χ0v) is 9.91. The fraction of sp³-hybridized carbons (Fsp3) is 0.385. The summed E-state index contributed by atoms with van der Waals surface area (Å²) < 4.78 is 2.28. The van der Waals surface area contributed by atoms with Gasteiger partial charge in [0, 0.05) is 22.3 Å². The lowest BCUT2D eigenvalue weighted by atomic mass is 9.95. The van der Waals surface area contributed by atoms with Gasteiger partial charge in [0.1, 0.15) is 0 Å². The van der Waals surface area contributed by atoms with Crippen LogP contribution in [-0.4, -0.2) is 9.67 Å². The summed E-state index contributed by atoms with van der Waals surface area (Å²) in [6.07, 6.45) is 4.98. The van der Waals surface area contributed by atoms with E-state index in [0.29, 0.717) is 0 Å². The van der Waals surface area contributed by atoms with Gasteiger partial charge in [0.05, 0.1) is 12.6 Å². The molecular weight excluding hydrogens is 218 g/mol. The Hall–Kier alpha value is -1.06. The molecule has 1 N–H and O–H groups in total. The topological polar surface area (TPSA) is 25.2 Å². The number of aromatic nitrogens is 1. The van der Waals surface area contributed by atoms with Gasteiger partial charge in [-0.3, -0.25) is 0 Å². The van der Waals surface area contributed by atoms with Crippen LogP contribution in [0.5, 0.6) is 0 Å². The molecule has 2 aromatic heterocycles. The maximum Gasteiger partial charge on any atom is 0.0807 e. The standard InChI is InChI=1S/C13H15NOS/c15-13-5-1-4-12-11(13)6-7-14(12)9-10-3-2-8-16-10/h2-3,6-8,13,15H,1,4-5,9H2. The summed E-state index contributed by atoms with van der Waals surface area (Å²) in [6, 6.07) is 6.33. The molecule has 0 saturated heterocycles. The maximum atomic E-state index is 9.89. The predicted octanol–water partition coefficient (Wildman–Crippen LogP) is 2.97. The van der Waals surface area contributed by atoms with E-state index in [1.165, 1.54) is 10.6 Å². The number of rotatable bonds is 2.